The Kier molecular flexibility index (Phi) is 4.86. The predicted octanol–water partition coefficient (Wildman–Crippen LogP) is 4.36. The normalized spacial score (nSPS) is 11.8. The zero-order chi connectivity index (χ0) is 15.4. The van der Waals surface area contributed by atoms with Gasteiger partial charge in [0.05, 0.1) is 0 Å². The van der Waals surface area contributed by atoms with E-state index in [0.29, 0.717) is 16.5 Å². The van der Waals surface area contributed by atoms with Gasteiger partial charge in [-0.1, -0.05) is 35.4 Å². The van der Waals surface area contributed by atoms with Crippen LogP contribution in [0, 0.1) is 13.8 Å². The van der Waals surface area contributed by atoms with Crippen LogP contribution >= 0.6 is 11.6 Å². The van der Waals surface area contributed by atoms with E-state index in [2.05, 4.69) is 5.32 Å². The van der Waals surface area contributed by atoms with Gasteiger partial charge in [-0.25, -0.2) is 0 Å². The number of carbonyl (C=O) groups excluding carboxylic acids is 1. The minimum absolute atomic E-state index is 0.213. The van der Waals surface area contributed by atoms with Gasteiger partial charge in [0.1, 0.15) is 5.75 Å². The fourth-order valence-electron chi connectivity index (χ4n) is 1.79. The molecular formula is C17H18ClNO2. The van der Waals surface area contributed by atoms with Crippen LogP contribution < -0.4 is 10.1 Å². The molecule has 21 heavy (non-hydrogen) atoms. The van der Waals surface area contributed by atoms with Gasteiger partial charge >= 0.3 is 0 Å². The monoisotopic (exact) mass is 303 g/mol. The molecule has 2 aromatic carbocycles. The molecule has 2 rings (SSSR count). The Labute approximate surface area is 129 Å². The molecule has 0 aliphatic heterocycles. The minimum Gasteiger partial charge on any atom is -0.481 e. The zero-order valence-electron chi connectivity index (χ0n) is 12.3. The van der Waals surface area contributed by atoms with E-state index in [1.165, 1.54) is 0 Å². The largest absolute Gasteiger partial charge is 0.481 e. The molecule has 0 fully saturated rings. The van der Waals surface area contributed by atoms with Crippen molar-refractivity contribution in [3.8, 4) is 5.75 Å². The number of halogens is 1. The molecule has 0 aliphatic rings. The summed E-state index contributed by atoms with van der Waals surface area (Å²) in [6.07, 6.45) is -0.590. The summed E-state index contributed by atoms with van der Waals surface area (Å²) in [5.74, 6) is 0.459. The lowest BCUT2D eigenvalue weighted by Gasteiger charge is -2.15. The van der Waals surface area contributed by atoms with Gasteiger partial charge in [0, 0.05) is 10.7 Å². The van der Waals surface area contributed by atoms with E-state index in [1.807, 2.05) is 50.2 Å². The van der Waals surface area contributed by atoms with Crippen molar-refractivity contribution >= 4 is 23.2 Å². The Morgan fingerprint density at radius 1 is 1.14 bits per heavy atom. The molecule has 0 saturated carbocycles. The Morgan fingerprint density at radius 3 is 2.43 bits per heavy atom. The number of aryl methyl sites for hydroxylation is 2. The topological polar surface area (TPSA) is 38.3 Å². The van der Waals surface area contributed by atoms with E-state index in [0.717, 1.165) is 11.1 Å². The van der Waals surface area contributed by atoms with Crippen LogP contribution in [-0.4, -0.2) is 12.0 Å². The fourth-order valence-corrected chi connectivity index (χ4v) is 1.97. The fraction of sp³-hybridized carbons (Fsp3) is 0.235. The molecular weight excluding hydrogens is 286 g/mol. The Bertz CT molecular complexity index is 638. The van der Waals surface area contributed by atoms with Gasteiger partial charge in [-0.2, -0.15) is 0 Å². The van der Waals surface area contributed by atoms with E-state index in [9.17, 15) is 4.79 Å². The maximum Gasteiger partial charge on any atom is 0.265 e. The highest BCUT2D eigenvalue weighted by molar-refractivity contribution is 6.31. The van der Waals surface area contributed by atoms with Gasteiger partial charge in [-0.15, -0.1) is 0 Å². The predicted molar refractivity (Wildman–Crippen MR) is 86.1 cm³/mol. The van der Waals surface area contributed by atoms with Gasteiger partial charge in [-0.3, -0.25) is 4.79 Å². The van der Waals surface area contributed by atoms with Crippen molar-refractivity contribution in [2.24, 2.45) is 0 Å². The molecule has 0 aliphatic carbocycles. The summed E-state index contributed by atoms with van der Waals surface area (Å²) in [6, 6.07) is 13.0. The highest BCUT2D eigenvalue weighted by Crippen LogP contribution is 2.20. The lowest BCUT2D eigenvalue weighted by atomic mass is 10.2. The molecule has 2 aromatic rings. The van der Waals surface area contributed by atoms with E-state index in [-0.39, 0.29) is 5.91 Å². The highest BCUT2D eigenvalue weighted by Gasteiger charge is 2.15. The first-order valence-corrected chi connectivity index (χ1v) is 7.14. The standard InChI is InChI=1S/C17H18ClNO2/c1-11-4-8-15(9-5-11)21-13(3)17(20)19-14-7-6-12(2)16(18)10-14/h4-10,13H,1-3H3,(H,19,20). The number of hydrogen-bond donors (Lipinski definition) is 1. The Balaban J connectivity index is 1.98. The summed E-state index contributed by atoms with van der Waals surface area (Å²) in [6.45, 7) is 5.63. The summed E-state index contributed by atoms with van der Waals surface area (Å²) in [4.78, 5) is 12.1. The molecule has 1 amide bonds. The third-order valence-electron chi connectivity index (χ3n) is 3.14. The van der Waals surface area contributed by atoms with Crippen LogP contribution in [-0.2, 0) is 4.79 Å². The van der Waals surface area contributed by atoms with Gasteiger partial charge in [0.15, 0.2) is 6.10 Å². The number of carbonyl (C=O) groups is 1. The van der Waals surface area contributed by atoms with Crippen LogP contribution in [0.25, 0.3) is 0 Å². The molecule has 0 bridgehead atoms. The maximum atomic E-state index is 12.1. The number of hydrogen-bond acceptors (Lipinski definition) is 2. The first-order valence-electron chi connectivity index (χ1n) is 6.76. The lowest BCUT2D eigenvalue weighted by molar-refractivity contribution is -0.122. The third-order valence-corrected chi connectivity index (χ3v) is 3.55. The number of amides is 1. The lowest BCUT2D eigenvalue weighted by Crippen LogP contribution is -2.30. The van der Waals surface area contributed by atoms with Crippen molar-refractivity contribution in [3.63, 3.8) is 0 Å². The van der Waals surface area contributed by atoms with Crippen LogP contribution in [0.3, 0.4) is 0 Å². The summed E-state index contributed by atoms with van der Waals surface area (Å²) < 4.78 is 5.61. The molecule has 4 heteroatoms. The molecule has 0 spiro atoms. The number of benzene rings is 2. The molecule has 110 valence electrons. The average molecular weight is 304 g/mol. The van der Waals surface area contributed by atoms with Crippen molar-refractivity contribution in [2.75, 3.05) is 5.32 Å². The van der Waals surface area contributed by atoms with Gasteiger partial charge in [0.25, 0.3) is 5.91 Å². The molecule has 0 radical (unpaired) electrons. The maximum absolute atomic E-state index is 12.1. The molecule has 0 aromatic heterocycles. The van der Waals surface area contributed by atoms with E-state index < -0.39 is 6.10 Å². The van der Waals surface area contributed by atoms with Crippen LogP contribution in [0.15, 0.2) is 42.5 Å². The summed E-state index contributed by atoms with van der Waals surface area (Å²) in [5.41, 5.74) is 2.78. The number of anilines is 1. The Hall–Kier alpha value is -2.00. The smallest absolute Gasteiger partial charge is 0.265 e. The van der Waals surface area contributed by atoms with Crippen molar-refractivity contribution in [1.29, 1.82) is 0 Å². The van der Waals surface area contributed by atoms with E-state index in [1.54, 1.807) is 13.0 Å². The van der Waals surface area contributed by atoms with E-state index in [4.69, 9.17) is 16.3 Å². The number of rotatable bonds is 4. The van der Waals surface area contributed by atoms with Crippen molar-refractivity contribution in [2.45, 2.75) is 26.9 Å². The van der Waals surface area contributed by atoms with Crippen molar-refractivity contribution in [3.05, 3.63) is 58.6 Å². The molecule has 0 heterocycles. The second-order valence-electron chi connectivity index (χ2n) is 5.03. The first kappa shape index (κ1) is 15.4. The quantitative estimate of drug-likeness (QED) is 0.911. The molecule has 1 unspecified atom stereocenters. The van der Waals surface area contributed by atoms with E-state index >= 15 is 0 Å². The van der Waals surface area contributed by atoms with Crippen LogP contribution in [0.5, 0.6) is 5.75 Å². The van der Waals surface area contributed by atoms with Crippen LogP contribution in [0.1, 0.15) is 18.1 Å². The molecule has 3 nitrogen and oxygen atoms in total. The summed E-state index contributed by atoms with van der Waals surface area (Å²) in [7, 11) is 0. The van der Waals surface area contributed by atoms with Crippen LogP contribution in [0.2, 0.25) is 5.02 Å². The molecule has 0 saturated heterocycles. The minimum atomic E-state index is -0.590. The highest BCUT2D eigenvalue weighted by atomic mass is 35.5. The third kappa shape index (κ3) is 4.23. The Morgan fingerprint density at radius 2 is 1.81 bits per heavy atom. The summed E-state index contributed by atoms with van der Waals surface area (Å²) in [5, 5.41) is 3.42. The van der Waals surface area contributed by atoms with Gasteiger partial charge < -0.3 is 10.1 Å². The second kappa shape index (κ2) is 6.64. The summed E-state index contributed by atoms with van der Waals surface area (Å²) >= 11 is 6.04. The number of nitrogens with one attached hydrogen (secondary N) is 1. The number of ether oxygens (including phenoxy) is 1. The van der Waals surface area contributed by atoms with Crippen LogP contribution in [0.4, 0.5) is 5.69 Å². The molecule has 1 atom stereocenters. The van der Waals surface area contributed by atoms with Gasteiger partial charge in [0.2, 0.25) is 0 Å². The van der Waals surface area contributed by atoms with Crippen molar-refractivity contribution < 1.29 is 9.53 Å². The van der Waals surface area contributed by atoms with Gasteiger partial charge in [-0.05, 0) is 50.6 Å². The zero-order valence-corrected chi connectivity index (χ0v) is 13.1. The van der Waals surface area contributed by atoms with Crippen molar-refractivity contribution in [1.82, 2.24) is 0 Å². The average Bonchev–Trinajstić information content (AvgIpc) is 2.45. The SMILES string of the molecule is Cc1ccc(OC(C)C(=O)Nc2ccc(C)c(Cl)c2)cc1. The second-order valence-corrected chi connectivity index (χ2v) is 5.43. The molecule has 1 N–H and O–H groups in total. The first-order chi connectivity index (χ1) is 9.95.